The summed E-state index contributed by atoms with van der Waals surface area (Å²) in [4.78, 5) is 27.3. The van der Waals surface area contributed by atoms with E-state index < -0.39 is 0 Å². The number of piperidine rings is 1. The van der Waals surface area contributed by atoms with Crippen LogP contribution in [0.4, 0.5) is 0 Å². The van der Waals surface area contributed by atoms with Crippen LogP contribution in [0, 0.1) is 13.8 Å². The van der Waals surface area contributed by atoms with Gasteiger partial charge < -0.3 is 14.6 Å². The van der Waals surface area contributed by atoms with Crippen molar-refractivity contribution in [1.29, 1.82) is 0 Å². The van der Waals surface area contributed by atoms with Crippen molar-refractivity contribution >= 4 is 11.8 Å². The number of aromatic nitrogens is 2. The van der Waals surface area contributed by atoms with Crippen LogP contribution in [0.2, 0.25) is 0 Å². The highest BCUT2D eigenvalue weighted by atomic mass is 16.3. The van der Waals surface area contributed by atoms with E-state index in [0.717, 1.165) is 22.6 Å². The minimum absolute atomic E-state index is 0.0225. The summed E-state index contributed by atoms with van der Waals surface area (Å²) in [5, 5.41) is 10.0. The number of H-pyrrole nitrogens is 1. The monoisotopic (exact) mass is 392 g/mol. The van der Waals surface area contributed by atoms with Crippen LogP contribution in [-0.4, -0.2) is 46.0 Å². The van der Waals surface area contributed by atoms with Crippen LogP contribution in [0.3, 0.4) is 0 Å². The van der Waals surface area contributed by atoms with Crippen LogP contribution in [-0.2, 0) is 0 Å². The maximum Gasteiger partial charge on any atom is 0.287 e. The van der Waals surface area contributed by atoms with Gasteiger partial charge in [0.15, 0.2) is 5.76 Å². The zero-order chi connectivity index (χ0) is 20.4. The average Bonchev–Trinajstić information content (AvgIpc) is 3.35. The van der Waals surface area contributed by atoms with E-state index in [9.17, 15) is 9.59 Å². The number of amides is 2. The minimum Gasteiger partial charge on any atom is -0.456 e. The summed E-state index contributed by atoms with van der Waals surface area (Å²) in [7, 11) is 0. The van der Waals surface area contributed by atoms with Crippen molar-refractivity contribution in [2.45, 2.75) is 32.7 Å². The molecule has 2 amide bonds. The molecule has 0 saturated carbocycles. The Morgan fingerprint density at radius 2 is 1.90 bits per heavy atom. The number of likely N-dealkylation sites (tertiary alicyclic amines) is 1. The number of nitrogens with one attached hydrogen (secondary N) is 2. The van der Waals surface area contributed by atoms with Crippen molar-refractivity contribution in [3.05, 3.63) is 65.2 Å². The van der Waals surface area contributed by atoms with Gasteiger partial charge >= 0.3 is 0 Å². The second-order valence-corrected chi connectivity index (χ2v) is 7.43. The fourth-order valence-corrected chi connectivity index (χ4v) is 3.79. The molecule has 2 N–H and O–H groups in total. The molecule has 1 aromatic carbocycles. The molecule has 0 unspecified atom stereocenters. The standard InChI is InChI=1S/C22H24N4O3/c1-14-12-15(2)29-20(14)21(27)24-17-8-10-26(11-9-17)22(28)18-13-23-25-19(18)16-6-4-3-5-7-16/h3-7,12-13,17H,8-11H2,1-2H3,(H,23,25)(H,24,27). The first kappa shape index (κ1) is 19.0. The predicted octanol–water partition coefficient (Wildman–Crippen LogP) is 3.32. The molecule has 29 heavy (non-hydrogen) atoms. The molecule has 0 radical (unpaired) electrons. The maximum absolute atomic E-state index is 13.0. The average molecular weight is 392 g/mol. The number of carbonyl (C=O) groups excluding carboxylic acids is 2. The van der Waals surface area contributed by atoms with Crippen LogP contribution < -0.4 is 5.32 Å². The van der Waals surface area contributed by atoms with Gasteiger partial charge in [0.1, 0.15) is 5.76 Å². The fourth-order valence-electron chi connectivity index (χ4n) is 3.79. The Hall–Kier alpha value is -3.35. The molecular weight excluding hydrogens is 368 g/mol. The summed E-state index contributed by atoms with van der Waals surface area (Å²) in [6.45, 7) is 4.86. The smallest absolute Gasteiger partial charge is 0.287 e. The molecule has 3 heterocycles. The van der Waals surface area contributed by atoms with E-state index in [1.54, 1.807) is 6.20 Å². The molecule has 0 bridgehead atoms. The Bertz CT molecular complexity index is 1010. The summed E-state index contributed by atoms with van der Waals surface area (Å²) in [6, 6.07) is 11.6. The van der Waals surface area contributed by atoms with Gasteiger partial charge in [-0.25, -0.2) is 0 Å². The lowest BCUT2D eigenvalue weighted by Crippen LogP contribution is -2.46. The molecule has 1 saturated heterocycles. The van der Waals surface area contributed by atoms with Crippen molar-refractivity contribution in [3.63, 3.8) is 0 Å². The Balaban J connectivity index is 1.38. The van der Waals surface area contributed by atoms with Crippen LogP contribution >= 0.6 is 0 Å². The van der Waals surface area contributed by atoms with Gasteiger partial charge in [0.2, 0.25) is 0 Å². The predicted molar refractivity (Wildman–Crippen MR) is 109 cm³/mol. The first-order chi connectivity index (χ1) is 14.0. The molecule has 1 fully saturated rings. The van der Waals surface area contributed by atoms with Crippen LogP contribution in [0.15, 0.2) is 47.0 Å². The lowest BCUT2D eigenvalue weighted by atomic mass is 10.0. The number of aryl methyl sites for hydroxylation is 2. The van der Waals surface area contributed by atoms with E-state index >= 15 is 0 Å². The summed E-state index contributed by atoms with van der Waals surface area (Å²) >= 11 is 0. The Morgan fingerprint density at radius 3 is 2.55 bits per heavy atom. The number of furan rings is 1. The molecule has 0 aliphatic carbocycles. The third kappa shape index (κ3) is 3.94. The Kier molecular flexibility index (Phi) is 5.20. The second-order valence-electron chi connectivity index (χ2n) is 7.43. The number of rotatable bonds is 4. The van der Waals surface area contributed by atoms with Gasteiger partial charge in [0.05, 0.1) is 17.5 Å². The maximum atomic E-state index is 13.0. The van der Waals surface area contributed by atoms with Gasteiger partial charge in [0.25, 0.3) is 11.8 Å². The van der Waals surface area contributed by atoms with Gasteiger partial charge in [-0.3, -0.25) is 14.7 Å². The molecule has 0 atom stereocenters. The Morgan fingerprint density at radius 1 is 1.17 bits per heavy atom. The third-order valence-corrected chi connectivity index (χ3v) is 5.30. The van der Waals surface area contributed by atoms with Crippen molar-refractivity contribution in [2.24, 2.45) is 0 Å². The highest BCUT2D eigenvalue weighted by molar-refractivity contribution is 5.99. The zero-order valence-electron chi connectivity index (χ0n) is 16.6. The van der Waals surface area contributed by atoms with E-state index in [-0.39, 0.29) is 17.9 Å². The lowest BCUT2D eigenvalue weighted by molar-refractivity contribution is 0.0696. The molecular formula is C22H24N4O3. The second kappa shape index (κ2) is 7.95. The van der Waals surface area contributed by atoms with E-state index in [1.807, 2.05) is 55.1 Å². The zero-order valence-corrected chi connectivity index (χ0v) is 16.6. The topological polar surface area (TPSA) is 91.2 Å². The third-order valence-electron chi connectivity index (χ3n) is 5.30. The molecule has 0 spiro atoms. The molecule has 1 aliphatic rings. The number of benzene rings is 1. The summed E-state index contributed by atoms with van der Waals surface area (Å²) in [6.07, 6.45) is 2.99. The summed E-state index contributed by atoms with van der Waals surface area (Å²) < 4.78 is 5.49. The number of hydrogen-bond donors (Lipinski definition) is 2. The van der Waals surface area contributed by atoms with Crippen molar-refractivity contribution < 1.29 is 14.0 Å². The van der Waals surface area contributed by atoms with Crippen LogP contribution in [0.5, 0.6) is 0 Å². The normalized spacial score (nSPS) is 14.8. The molecule has 2 aromatic heterocycles. The van der Waals surface area contributed by atoms with Crippen molar-refractivity contribution in [2.75, 3.05) is 13.1 Å². The molecule has 150 valence electrons. The van der Waals surface area contributed by atoms with Gasteiger partial charge in [-0.2, -0.15) is 5.10 Å². The lowest BCUT2D eigenvalue weighted by Gasteiger charge is -2.32. The fraction of sp³-hybridized carbons (Fsp3) is 0.318. The number of carbonyl (C=O) groups is 2. The van der Waals surface area contributed by atoms with Crippen molar-refractivity contribution in [3.8, 4) is 11.3 Å². The van der Waals surface area contributed by atoms with E-state index in [2.05, 4.69) is 15.5 Å². The first-order valence-corrected chi connectivity index (χ1v) is 9.79. The van der Waals surface area contributed by atoms with Gasteiger partial charge in [-0.15, -0.1) is 0 Å². The van der Waals surface area contributed by atoms with E-state index in [0.29, 0.717) is 37.3 Å². The van der Waals surface area contributed by atoms with E-state index in [1.165, 1.54) is 0 Å². The summed E-state index contributed by atoms with van der Waals surface area (Å²) in [5.74, 6) is 0.857. The quantitative estimate of drug-likeness (QED) is 0.713. The first-order valence-electron chi connectivity index (χ1n) is 9.79. The van der Waals surface area contributed by atoms with Gasteiger partial charge in [0, 0.05) is 30.3 Å². The van der Waals surface area contributed by atoms with Crippen LogP contribution in [0.1, 0.15) is 45.1 Å². The SMILES string of the molecule is Cc1cc(C)c(C(=O)NC2CCN(C(=O)c3cn[nH]c3-c3ccccc3)CC2)o1. The highest BCUT2D eigenvalue weighted by Gasteiger charge is 2.28. The largest absolute Gasteiger partial charge is 0.456 e. The molecule has 1 aliphatic heterocycles. The molecule has 7 heteroatoms. The van der Waals surface area contributed by atoms with Gasteiger partial charge in [-0.1, -0.05) is 30.3 Å². The molecule has 3 aromatic rings. The Labute approximate surface area is 169 Å². The van der Waals surface area contributed by atoms with Gasteiger partial charge in [-0.05, 0) is 32.8 Å². The molecule has 4 rings (SSSR count). The minimum atomic E-state index is -0.193. The van der Waals surface area contributed by atoms with E-state index in [4.69, 9.17) is 4.42 Å². The number of nitrogens with zero attached hydrogens (tertiary/aromatic N) is 2. The number of hydrogen-bond acceptors (Lipinski definition) is 4. The van der Waals surface area contributed by atoms with Crippen LogP contribution in [0.25, 0.3) is 11.3 Å². The number of aromatic amines is 1. The van der Waals surface area contributed by atoms with Crippen molar-refractivity contribution in [1.82, 2.24) is 20.4 Å². The highest BCUT2D eigenvalue weighted by Crippen LogP contribution is 2.23. The molecule has 7 nitrogen and oxygen atoms in total. The summed E-state index contributed by atoms with van der Waals surface area (Å²) in [5.41, 5.74) is 3.07.